The van der Waals surface area contributed by atoms with Crippen LogP contribution in [0.1, 0.15) is 25.8 Å². The molecular formula is C14H18ClNO3. The Morgan fingerprint density at radius 2 is 2.05 bits per heavy atom. The first-order valence-corrected chi connectivity index (χ1v) is 6.52. The first-order chi connectivity index (χ1) is 8.88. The normalized spacial score (nSPS) is 12.2. The molecule has 0 heterocycles. The molecule has 5 heteroatoms. The Labute approximate surface area is 117 Å². The number of amides is 1. The van der Waals surface area contributed by atoms with Crippen molar-refractivity contribution in [2.45, 2.75) is 32.7 Å². The molecule has 1 atom stereocenters. The van der Waals surface area contributed by atoms with Crippen molar-refractivity contribution in [3.8, 4) is 0 Å². The zero-order valence-corrected chi connectivity index (χ0v) is 11.8. The number of halogens is 1. The number of rotatable bonds is 6. The minimum absolute atomic E-state index is 0.0689. The summed E-state index contributed by atoms with van der Waals surface area (Å²) in [5.74, 6) is -1.04. The van der Waals surface area contributed by atoms with Crippen molar-refractivity contribution in [2.24, 2.45) is 5.92 Å². The summed E-state index contributed by atoms with van der Waals surface area (Å²) in [5, 5.41) is 12.1. The molecule has 1 rings (SSSR count). The van der Waals surface area contributed by atoms with Gasteiger partial charge in [-0.1, -0.05) is 37.6 Å². The molecule has 0 bridgehead atoms. The summed E-state index contributed by atoms with van der Waals surface area (Å²) in [4.78, 5) is 22.6. The Kier molecular flexibility index (Phi) is 5.83. The van der Waals surface area contributed by atoms with E-state index < -0.39 is 5.97 Å². The van der Waals surface area contributed by atoms with Gasteiger partial charge in [-0.15, -0.1) is 0 Å². The van der Waals surface area contributed by atoms with Crippen molar-refractivity contribution in [3.63, 3.8) is 0 Å². The number of hydrogen-bond acceptors (Lipinski definition) is 2. The minimum Gasteiger partial charge on any atom is -0.481 e. The van der Waals surface area contributed by atoms with Crippen molar-refractivity contribution in [1.29, 1.82) is 0 Å². The molecule has 19 heavy (non-hydrogen) atoms. The lowest BCUT2D eigenvalue weighted by Gasteiger charge is -2.20. The maximum atomic E-state index is 11.9. The van der Waals surface area contributed by atoms with E-state index in [1.807, 2.05) is 19.9 Å². The molecule has 0 spiro atoms. The number of nitrogens with one attached hydrogen (secondary N) is 1. The van der Waals surface area contributed by atoms with Crippen molar-refractivity contribution in [1.82, 2.24) is 5.32 Å². The summed E-state index contributed by atoms with van der Waals surface area (Å²) in [6.45, 7) is 3.76. The Morgan fingerprint density at radius 3 is 2.58 bits per heavy atom. The molecule has 2 N–H and O–H groups in total. The number of carbonyl (C=O) groups is 2. The fraction of sp³-hybridized carbons (Fsp3) is 0.429. The summed E-state index contributed by atoms with van der Waals surface area (Å²) in [6.07, 6.45) is 0.127. The molecule has 1 aromatic rings. The molecule has 4 nitrogen and oxygen atoms in total. The van der Waals surface area contributed by atoms with Gasteiger partial charge in [0.1, 0.15) is 0 Å². The standard InChI is InChI=1S/C14H18ClNO3/c1-9(2)12(8-14(18)19)16-13(17)7-10-4-3-5-11(15)6-10/h3-6,9,12H,7-8H2,1-2H3,(H,16,17)(H,18,19). The summed E-state index contributed by atoms with van der Waals surface area (Å²) in [7, 11) is 0. The number of carboxylic acids is 1. The molecule has 0 aromatic heterocycles. The SMILES string of the molecule is CC(C)C(CC(=O)O)NC(=O)Cc1cccc(Cl)c1. The topological polar surface area (TPSA) is 66.4 Å². The van der Waals surface area contributed by atoms with E-state index in [2.05, 4.69) is 5.32 Å². The fourth-order valence-corrected chi connectivity index (χ4v) is 1.94. The van der Waals surface area contributed by atoms with Crippen LogP contribution in [-0.4, -0.2) is 23.0 Å². The zero-order chi connectivity index (χ0) is 14.4. The molecule has 1 unspecified atom stereocenters. The summed E-state index contributed by atoms with van der Waals surface area (Å²) < 4.78 is 0. The van der Waals surface area contributed by atoms with E-state index in [9.17, 15) is 9.59 Å². The van der Waals surface area contributed by atoms with Gasteiger partial charge >= 0.3 is 5.97 Å². The predicted octanol–water partition coefficient (Wildman–Crippen LogP) is 2.50. The number of aliphatic carboxylic acids is 1. The van der Waals surface area contributed by atoms with Crippen molar-refractivity contribution in [3.05, 3.63) is 34.9 Å². The van der Waals surface area contributed by atoms with E-state index in [1.54, 1.807) is 18.2 Å². The smallest absolute Gasteiger partial charge is 0.305 e. The predicted molar refractivity (Wildman–Crippen MR) is 74.2 cm³/mol. The van der Waals surface area contributed by atoms with E-state index in [0.717, 1.165) is 5.56 Å². The molecule has 104 valence electrons. The van der Waals surface area contributed by atoms with Crippen LogP contribution < -0.4 is 5.32 Å². The lowest BCUT2D eigenvalue weighted by molar-refractivity contribution is -0.138. The summed E-state index contributed by atoms with van der Waals surface area (Å²) >= 11 is 5.84. The van der Waals surface area contributed by atoms with Crippen LogP contribution in [0.2, 0.25) is 5.02 Å². The van der Waals surface area contributed by atoms with E-state index in [-0.39, 0.29) is 30.7 Å². The summed E-state index contributed by atoms with van der Waals surface area (Å²) in [5.41, 5.74) is 0.808. The summed E-state index contributed by atoms with van der Waals surface area (Å²) in [6, 6.07) is 6.70. The van der Waals surface area contributed by atoms with E-state index in [0.29, 0.717) is 5.02 Å². The van der Waals surface area contributed by atoms with Crippen LogP contribution in [0, 0.1) is 5.92 Å². The molecule has 0 radical (unpaired) electrons. The average Bonchev–Trinajstić information content (AvgIpc) is 2.27. The lowest BCUT2D eigenvalue weighted by atomic mass is 10.0. The van der Waals surface area contributed by atoms with Gasteiger partial charge in [-0.05, 0) is 23.6 Å². The molecule has 0 aliphatic rings. The van der Waals surface area contributed by atoms with Crippen molar-refractivity contribution < 1.29 is 14.7 Å². The Bertz CT molecular complexity index is 460. The first-order valence-electron chi connectivity index (χ1n) is 6.14. The molecule has 0 fully saturated rings. The average molecular weight is 284 g/mol. The molecule has 1 aromatic carbocycles. The second-order valence-electron chi connectivity index (χ2n) is 4.82. The van der Waals surface area contributed by atoms with Gasteiger partial charge in [0.2, 0.25) is 5.91 Å². The van der Waals surface area contributed by atoms with Gasteiger partial charge in [-0.25, -0.2) is 0 Å². The van der Waals surface area contributed by atoms with E-state index >= 15 is 0 Å². The van der Waals surface area contributed by atoms with Gasteiger partial charge < -0.3 is 10.4 Å². The quantitative estimate of drug-likeness (QED) is 0.843. The Balaban J connectivity index is 2.60. The monoisotopic (exact) mass is 283 g/mol. The third-order valence-corrected chi connectivity index (χ3v) is 3.03. The highest BCUT2D eigenvalue weighted by Crippen LogP contribution is 2.12. The van der Waals surface area contributed by atoms with Gasteiger partial charge in [-0.2, -0.15) is 0 Å². The van der Waals surface area contributed by atoms with Crippen LogP contribution in [0.15, 0.2) is 24.3 Å². The third kappa shape index (κ3) is 5.75. The first kappa shape index (κ1) is 15.5. The molecular weight excluding hydrogens is 266 g/mol. The molecule has 0 aliphatic heterocycles. The molecule has 1 amide bonds. The highest BCUT2D eigenvalue weighted by atomic mass is 35.5. The number of carboxylic acid groups (broad SMARTS) is 1. The van der Waals surface area contributed by atoms with E-state index in [1.165, 1.54) is 0 Å². The van der Waals surface area contributed by atoms with Gasteiger partial charge in [0.05, 0.1) is 12.8 Å². The molecule has 0 saturated heterocycles. The Hall–Kier alpha value is -1.55. The maximum absolute atomic E-state index is 11.9. The Morgan fingerprint density at radius 1 is 1.37 bits per heavy atom. The third-order valence-electron chi connectivity index (χ3n) is 2.80. The van der Waals surface area contributed by atoms with E-state index in [4.69, 9.17) is 16.7 Å². The van der Waals surface area contributed by atoms with Crippen LogP contribution in [0.4, 0.5) is 0 Å². The van der Waals surface area contributed by atoms with Gasteiger partial charge in [0, 0.05) is 11.1 Å². The van der Waals surface area contributed by atoms with Crippen LogP contribution in [0.5, 0.6) is 0 Å². The van der Waals surface area contributed by atoms with Crippen molar-refractivity contribution >= 4 is 23.5 Å². The maximum Gasteiger partial charge on any atom is 0.305 e. The van der Waals surface area contributed by atoms with Gasteiger partial charge in [0.15, 0.2) is 0 Å². The van der Waals surface area contributed by atoms with Gasteiger partial charge in [-0.3, -0.25) is 9.59 Å². The highest BCUT2D eigenvalue weighted by Gasteiger charge is 2.19. The minimum atomic E-state index is -0.915. The van der Waals surface area contributed by atoms with Crippen LogP contribution in [0.3, 0.4) is 0 Å². The number of hydrogen-bond donors (Lipinski definition) is 2. The molecule has 0 aliphatic carbocycles. The fourth-order valence-electron chi connectivity index (χ4n) is 1.73. The number of benzene rings is 1. The van der Waals surface area contributed by atoms with Crippen molar-refractivity contribution in [2.75, 3.05) is 0 Å². The second-order valence-corrected chi connectivity index (χ2v) is 5.26. The number of carbonyl (C=O) groups excluding carboxylic acids is 1. The zero-order valence-electron chi connectivity index (χ0n) is 11.0. The highest BCUT2D eigenvalue weighted by molar-refractivity contribution is 6.30. The van der Waals surface area contributed by atoms with Crippen LogP contribution in [-0.2, 0) is 16.0 Å². The van der Waals surface area contributed by atoms with Crippen LogP contribution in [0.25, 0.3) is 0 Å². The van der Waals surface area contributed by atoms with Gasteiger partial charge in [0.25, 0.3) is 0 Å². The van der Waals surface area contributed by atoms with Crippen LogP contribution >= 0.6 is 11.6 Å². The largest absolute Gasteiger partial charge is 0.481 e. The molecule has 0 saturated carbocycles. The second kappa shape index (κ2) is 7.14. The lowest BCUT2D eigenvalue weighted by Crippen LogP contribution is -2.40.